The maximum absolute atomic E-state index is 13.1. The lowest BCUT2D eigenvalue weighted by Crippen LogP contribution is -2.43. The van der Waals surface area contributed by atoms with Crippen molar-refractivity contribution in [3.8, 4) is 0 Å². The maximum atomic E-state index is 13.1. The molecule has 1 saturated heterocycles. The van der Waals surface area contributed by atoms with Crippen molar-refractivity contribution in [3.05, 3.63) is 34.6 Å². The molecule has 1 fully saturated rings. The van der Waals surface area contributed by atoms with Gasteiger partial charge in [-0.3, -0.25) is 18.6 Å². The molecule has 0 radical (unpaired) electrons. The van der Waals surface area contributed by atoms with Gasteiger partial charge in [0.25, 0.3) is 5.56 Å². The van der Waals surface area contributed by atoms with E-state index in [1.807, 2.05) is 33.6 Å². The molecule has 3 heterocycles. The molecule has 0 saturated carbocycles. The van der Waals surface area contributed by atoms with E-state index in [9.17, 15) is 9.59 Å². The van der Waals surface area contributed by atoms with Crippen LogP contribution < -0.4 is 5.56 Å². The largest absolute Gasteiger partial charge is 0.341 e. The second-order valence-electron chi connectivity index (χ2n) is 9.31. The monoisotopic (exact) mass is 441 g/mol. The van der Waals surface area contributed by atoms with Gasteiger partial charge in [-0.15, -0.1) is 10.2 Å². The predicted octanol–water partition coefficient (Wildman–Crippen LogP) is 3.69. The number of aromatic nitrogens is 4. The normalized spacial score (nSPS) is 19.6. The van der Waals surface area contributed by atoms with Gasteiger partial charge in [-0.1, -0.05) is 51.6 Å². The molecule has 0 N–H and O–H groups in total. The van der Waals surface area contributed by atoms with Crippen molar-refractivity contribution in [2.75, 3.05) is 18.8 Å². The van der Waals surface area contributed by atoms with Crippen molar-refractivity contribution in [1.82, 2.24) is 24.1 Å². The Kier molecular flexibility index (Phi) is 6.36. The number of nitrogens with zero attached hydrogens (tertiary/aromatic N) is 5. The van der Waals surface area contributed by atoms with Crippen LogP contribution in [0.3, 0.4) is 0 Å². The van der Waals surface area contributed by atoms with E-state index in [2.05, 4.69) is 37.9 Å². The van der Waals surface area contributed by atoms with Gasteiger partial charge >= 0.3 is 0 Å². The average molecular weight is 442 g/mol. The second kappa shape index (κ2) is 9.02. The molecule has 166 valence electrons. The van der Waals surface area contributed by atoms with Crippen LogP contribution in [0.5, 0.6) is 0 Å². The smallest absolute Gasteiger partial charge is 0.262 e. The molecule has 2 atom stereocenters. The topological polar surface area (TPSA) is 72.5 Å². The van der Waals surface area contributed by atoms with E-state index in [1.54, 1.807) is 4.57 Å². The van der Waals surface area contributed by atoms with Crippen LogP contribution in [-0.4, -0.2) is 48.8 Å². The van der Waals surface area contributed by atoms with E-state index in [0.717, 1.165) is 25.0 Å². The van der Waals surface area contributed by atoms with Crippen LogP contribution in [0, 0.1) is 17.8 Å². The Hall–Kier alpha value is -2.35. The molecule has 0 bridgehead atoms. The van der Waals surface area contributed by atoms with Gasteiger partial charge in [0.05, 0.1) is 16.7 Å². The zero-order valence-electron chi connectivity index (χ0n) is 18.7. The molecule has 1 aliphatic heterocycles. The Bertz CT molecular complexity index is 1140. The minimum Gasteiger partial charge on any atom is -0.341 e. The van der Waals surface area contributed by atoms with Gasteiger partial charge in [-0.05, 0) is 42.7 Å². The number of fused-ring (bicyclic) bond motifs is 3. The summed E-state index contributed by atoms with van der Waals surface area (Å²) in [6.07, 6.45) is 2.05. The summed E-state index contributed by atoms with van der Waals surface area (Å²) in [5.74, 6) is 2.54. The number of carbonyl (C=O) groups excluding carboxylic acids is 1. The minimum atomic E-state index is -0.0416. The van der Waals surface area contributed by atoms with E-state index in [1.165, 1.54) is 18.2 Å². The quantitative estimate of drug-likeness (QED) is 0.546. The van der Waals surface area contributed by atoms with Crippen LogP contribution in [-0.2, 0) is 11.3 Å². The van der Waals surface area contributed by atoms with Crippen molar-refractivity contribution >= 4 is 34.3 Å². The first-order valence-electron chi connectivity index (χ1n) is 11.1. The van der Waals surface area contributed by atoms with Crippen molar-refractivity contribution in [2.45, 2.75) is 52.2 Å². The van der Waals surface area contributed by atoms with Crippen LogP contribution in [0.4, 0.5) is 0 Å². The molecule has 31 heavy (non-hydrogen) atoms. The highest BCUT2D eigenvalue weighted by molar-refractivity contribution is 7.99. The zero-order valence-corrected chi connectivity index (χ0v) is 19.6. The van der Waals surface area contributed by atoms with Crippen LogP contribution in [0.25, 0.3) is 16.7 Å². The fraction of sp³-hybridized carbons (Fsp3) is 0.565. The third-order valence-corrected chi connectivity index (χ3v) is 6.87. The summed E-state index contributed by atoms with van der Waals surface area (Å²) in [5.41, 5.74) is 0.739. The number of piperidine rings is 1. The third-order valence-electron chi connectivity index (χ3n) is 5.95. The molecule has 1 aromatic carbocycles. The Morgan fingerprint density at radius 1 is 1.16 bits per heavy atom. The van der Waals surface area contributed by atoms with Gasteiger partial charge in [0.2, 0.25) is 11.7 Å². The van der Waals surface area contributed by atoms with Crippen LogP contribution in [0.15, 0.2) is 34.2 Å². The molecular formula is C23H31N5O2S. The SMILES string of the molecule is CC(C)CCn1c(=O)c2ccccc2n2c(SCC(=O)N3CC(C)CC(C)C3)nnc12. The lowest BCUT2D eigenvalue weighted by molar-refractivity contribution is -0.130. The summed E-state index contributed by atoms with van der Waals surface area (Å²) in [7, 11) is 0. The van der Waals surface area contributed by atoms with Gasteiger partial charge < -0.3 is 4.90 Å². The van der Waals surface area contributed by atoms with Gasteiger partial charge in [0, 0.05) is 19.6 Å². The molecule has 3 aromatic rings. The Balaban J connectivity index is 1.66. The first kappa shape index (κ1) is 21.9. The summed E-state index contributed by atoms with van der Waals surface area (Å²) in [4.78, 5) is 28.0. The number of aryl methyl sites for hydroxylation is 1. The molecule has 1 amide bonds. The summed E-state index contributed by atoms with van der Waals surface area (Å²) < 4.78 is 3.64. The van der Waals surface area contributed by atoms with Crippen LogP contribution >= 0.6 is 11.8 Å². The van der Waals surface area contributed by atoms with E-state index >= 15 is 0 Å². The summed E-state index contributed by atoms with van der Waals surface area (Å²) in [6.45, 7) is 10.9. The molecule has 8 heteroatoms. The highest BCUT2D eigenvalue weighted by Gasteiger charge is 2.26. The number of hydrogen-bond acceptors (Lipinski definition) is 5. The number of para-hydroxylation sites is 1. The van der Waals surface area contributed by atoms with Gasteiger partial charge in [-0.25, -0.2) is 0 Å². The molecule has 4 rings (SSSR count). The second-order valence-corrected chi connectivity index (χ2v) is 10.3. The maximum Gasteiger partial charge on any atom is 0.262 e. The number of likely N-dealkylation sites (tertiary alicyclic amines) is 1. The number of rotatable bonds is 6. The average Bonchev–Trinajstić information content (AvgIpc) is 3.15. The Morgan fingerprint density at radius 3 is 2.58 bits per heavy atom. The van der Waals surface area contributed by atoms with E-state index in [0.29, 0.717) is 46.4 Å². The third kappa shape index (κ3) is 4.49. The molecule has 2 unspecified atom stereocenters. The van der Waals surface area contributed by atoms with E-state index in [-0.39, 0.29) is 11.5 Å². The van der Waals surface area contributed by atoms with E-state index < -0.39 is 0 Å². The highest BCUT2D eigenvalue weighted by Crippen LogP contribution is 2.25. The number of carbonyl (C=O) groups is 1. The molecule has 0 aliphatic carbocycles. The number of benzene rings is 1. The molecule has 2 aromatic heterocycles. The first-order chi connectivity index (χ1) is 14.8. The molecule has 0 spiro atoms. The Labute approximate surface area is 186 Å². The van der Waals surface area contributed by atoms with Crippen molar-refractivity contribution in [3.63, 3.8) is 0 Å². The van der Waals surface area contributed by atoms with Crippen molar-refractivity contribution in [2.24, 2.45) is 17.8 Å². The van der Waals surface area contributed by atoms with Crippen molar-refractivity contribution in [1.29, 1.82) is 0 Å². The summed E-state index contributed by atoms with van der Waals surface area (Å²) >= 11 is 1.40. The standard InChI is InChI=1S/C23H31N5O2S/c1-15(2)9-10-27-21(30)18-7-5-6-8-19(18)28-22(27)24-25-23(28)31-14-20(29)26-12-16(3)11-17(4)13-26/h5-8,15-17H,9-14H2,1-4H3. The fourth-order valence-electron chi connectivity index (χ4n) is 4.50. The summed E-state index contributed by atoms with van der Waals surface area (Å²) in [6, 6.07) is 7.55. The number of thioether (sulfide) groups is 1. The number of amides is 1. The molecule has 1 aliphatic rings. The lowest BCUT2D eigenvalue weighted by Gasteiger charge is -2.34. The van der Waals surface area contributed by atoms with Gasteiger partial charge in [0.1, 0.15) is 0 Å². The zero-order chi connectivity index (χ0) is 22.1. The predicted molar refractivity (Wildman–Crippen MR) is 124 cm³/mol. The number of hydrogen-bond donors (Lipinski definition) is 0. The van der Waals surface area contributed by atoms with Gasteiger partial charge in [-0.2, -0.15) is 0 Å². The summed E-state index contributed by atoms with van der Waals surface area (Å²) in [5, 5.41) is 10.0. The minimum absolute atomic E-state index is 0.0416. The van der Waals surface area contributed by atoms with Crippen LogP contribution in [0.1, 0.15) is 40.5 Å². The van der Waals surface area contributed by atoms with Crippen LogP contribution in [0.2, 0.25) is 0 Å². The lowest BCUT2D eigenvalue weighted by atomic mass is 9.92. The first-order valence-corrected chi connectivity index (χ1v) is 12.1. The van der Waals surface area contributed by atoms with Gasteiger partial charge in [0.15, 0.2) is 5.16 Å². The Morgan fingerprint density at radius 2 is 1.87 bits per heavy atom. The molecule has 7 nitrogen and oxygen atoms in total. The van der Waals surface area contributed by atoms with E-state index in [4.69, 9.17) is 0 Å². The highest BCUT2D eigenvalue weighted by atomic mass is 32.2. The van der Waals surface area contributed by atoms with Crippen molar-refractivity contribution < 1.29 is 4.79 Å². The fourth-order valence-corrected chi connectivity index (χ4v) is 5.34. The molecular weight excluding hydrogens is 410 g/mol.